The number of carbonyl (C=O) groups excluding carboxylic acids is 4. The number of benzene rings is 1. The Morgan fingerprint density at radius 1 is 0.931 bits per heavy atom. The van der Waals surface area contributed by atoms with Crippen molar-refractivity contribution in [2.75, 3.05) is 11.5 Å². The van der Waals surface area contributed by atoms with Crippen LogP contribution in [0.3, 0.4) is 0 Å². The van der Waals surface area contributed by atoms with E-state index in [1.807, 2.05) is 30.3 Å². The molecule has 8 nitrogen and oxygen atoms in total. The molecule has 0 spiro atoms. The highest BCUT2D eigenvalue weighted by molar-refractivity contribution is 8.15. The number of aliphatic carboxylic acids is 1. The minimum atomic E-state index is -1.27. The van der Waals surface area contributed by atoms with Gasteiger partial charge in [-0.3, -0.25) is 19.2 Å². The lowest BCUT2D eigenvalue weighted by Crippen LogP contribution is -2.44. The third kappa shape index (κ3) is 10.5. The van der Waals surface area contributed by atoms with Gasteiger partial charge < -0.3 is 15.7 Å². The molecule has 1 rings (SSSR count). The second-order valence-corrected chi connectivity index (χ2v) is 7.90. The van der Waals surface area contributed by atoms with Crippen LogP contribution in [-0.2, 0) is 24.0 Å². The monoisotopic (exact) mass is 438 g/mol. The first kappa shape index (κ1) is 24.4. The average molecular weight is 439 g/mol. The molecule has 1 aromatic carbocycles. The maximum absolute atomic E-state index is 12.4. The summed E-state index contributed by atoms with van der Waals surface area (Å²) in [6.45, 7) is 2.41. The topological polar surface area (TPSA) is 130 Å². The molecule has 0 bridgehead atoms. The molecule has 0 saturated heterocycles. The molecular weight excluding hydrogens is 416 g/mol. The van der Waals surface area contributed by atoms with Crippen molar-refractivity contribution in [3.05, 3.63) is 42.0 Å². The van der Waals surface area contributed by atoms with Crippen molar-refractivity contribution in [1.29, 1.82) is 0 Å². The quantitative estimate of drug-likeness (QED) is 0.466. The number of carboxylic acids is 1. The molecule has 156 valence electrons. The first-order valence-corrected chi connectivity index (χ1v) is 10.5. The molecule has 3 N–H and O–H groups in total. The van der Waals surface area contributed by atoms with Crippen molar-refractivity contribution in [3.63, 3.8) is 0 Å². The molecule has 0 aromatic heterocycles. The normalized spacial score (nSPS) is 12.8. The van der Waals surface area contributed by atoms with Crippen LogP contribution in [-0.4, -0.2) is 56.7 Å². The molecule has 2 unspecified atom stereocenters. The summed E-state index contributed by atoms with van der Waals surface area (Å²) in [5.41, 5.74) is 0.851. The predicted octanol–water partition coefficient (Wildman–Crippen LogP) is 1.31. The Morgan fingerprint density at radius 3 is 2.03 bits per heavy atom. The maximum Gasteiger partial charge on any atom is 0.327 e. The number of thioether (sulfide) groups is 2. The van der Waals surface area contributed by atoms with E-state index in [9.17, 15) is 24.0 Å². The molecule has 0 radical (unpaired) electrons. The van der Waals surface area contributed by atoms with E-state index in [-0.39, 0.29) is 16.6 Å². The Hall–Kier alpha value is -2.59. The lowest BCUT2D eigenvalue weighted by Gasteiger charge is -2.17. The van der Waals surface area contributed by atoms with Crippen molar-refractivity contribution in [2.45, 2.75) is 25.9 Å². The van der Waals surface area contributed by atoms with E-state index in [1.165, 1.54) is 19.9 Å². The molecule has 1 aromatic rings. The van der Waals surface area contributed by atoms with Crippen molar-refractivity contribution >= 4 is 57.6 Å². The lowest BCUT2D eigenvalue weighted by molar-refractivity contribution is -0.140. The molecule has 0 aliphatic heterocycles. The first-order chi connectivity index (χ1) is 13.7. The fraction of sp³-hybridized carbons (Fsp3) is 0.316. The van der Waals surface area contributed by atoms with Crippen LogP contribution in [0, 0.1) is 0 Å². The number of hydrogen-bond acceptors (Lipinski definition) is 7. The van der Waals surface area contributed by atoms with Gasteiger partial charge in [-0.25, -0.2) is 4.79 Å². The smallest absolute Gasteiger partial charge is 0.327 e. The van der Waals surface area contributed by atoms with Gasteiger partial charge in [0.15, 0.2) is 0 Å². The van der Waals surface area contributed by atoms with Crippen molar-refractivity contribution in [2.24, 2.45) is 0 Å². The van der Waals surface area contributed by atoms with E-state index in [4.69, 9.17) is 5.11 Å². The van der Waals surface area contributed by atoms with E-state index in [0.29, 0.717) is 11.8 Å². The van der Waals surface area contributed by atoms with E-state index in [0.717, 1.165) is 17.3 Å². The van der Waals surface area contributed by atoms with Crippen LogP contribution in [0.5, 0.6) is 0 Å². The molecule has 0 heterocycles. The fourth-order valence-corrected chi connectivity index (χ4v) is 3.78. The van der Waals surface area contributed by atoms with Crippen molar-refractivity contribution < 1.29 is 29.1 Å². The molecule has 0 aliphatic carbocycles. The van der Waals surface area contributed by atoms with Gasteiger partial charge in [-0.2, -0.15) is 0 Å². The van der Waals surface area contributed by atoms with Crippen molar-refractivity contribution in [3.8, 4) is 0 Å². The zero-order chi connectivity index (χ0) is 21.8. The lowest BCUT2D eigenvalue weighted by atomic mass is 10.2. The Balaban J connectivity index is 2.63. The summed E-state index contributed by atoms with van der Waals surface area (Å²) in [5.74, 6) is -2.45. The number of carboxylic acid groups (broad SMARTS) is 1. The van der Waals surface area contributed by atoms with Crippen LogP contribution in [0.2, 0.25) is 0 Å². The number of rotatable bonds is 10. The minimum Gasteiger partial charge on any atom is -0.480 e. The fourth-order valence-electron chi connectivity index (χ4n) is 2.04. The molecule has 29 heavy (non-hydrogen) atoms. The Kier molecular flexibility index (Phi) is 10.8. The first-order valence-electron chi connectivity index (χ1n) is 8.52. The zero-order valence-electron chi connectivity index (χ0n) is 15.9. The molecule has 0 fully saturated rings. The number of nitrogens with one attached hydrogen (secondary N) is 2. The van der Waals surface area contributed by atoms with E-state index in [2.05, 4.69) is 10.6 Å². The van der Waals surface area contributed by atoms with Gasteiger partial charge in [-0.1, -0.05) is 59.9 Å². The third-order valence-corrected chi connectivity index (χ3v) is 5.32. The van der Waals surface area contributed by atoms with Gasteiger partial charge in [-0.05, 0) is 11.6 Å². The standard InChI is InChI=1S/C19H22N2O6S2/c1-12(22)20-15(18(25)26)10-29-19(27)16(21-13(2)23)11-28-17(24)9-8-14-6-4-3-5-7-14/h3-9,15-16H,10-11H2,1-2H3,(H,20,22)(H,21,23)(H,25,26). The van der Waals surface area contributed by atoms with Gasteiger partial charge in [0.2, 0.25) is 22.0 Å². The highest BCUT2D eigenvalue weighted by Gasteiger charge is 2.25. The maximum atomic E-state index is 12.4. The summed E-state index contributed by atoms with van der Waals surface area (Å²) in [7, 11) is 0. The SMILES string of the molecule is CC(=O)NC(CSC(=O)C(CSC(=O)C=Cc1ccccc1)NC(C)=O)C(=O)O. The second kappa shape index (κ2) is 12.8. The van der Waals surface area contributed by atoms with Gasteiger partial charge in [-0.15, -0.1) is 0 Å². The van der Waals surface area contributed by atoms with E-state index in [1.54, 1.807) is 6.08 Å². The van der Waals surface area contributed by atoms with Gasteiger partial charge in [0.05, 0.1) is 0 Å². The van der Waals surface area contributed by atoms with Gasteiger partial charge in [0.1, 0.15) is 12.1 Å². The molecule has 0 aliphatic rings. The Labute approximate surface area is 176 Å². The van der Waals surface area contributed by atoms with Crippen LogP contribution in [0.15, 0.2) is 36.4 Å². The number of hydrogen-bond donors (Lipinski definition) is 3. The van der Waals surface area contributed by atoms with E-state index >= 15 is 0 Å². The van der Waals surface area contributed by atoms with Crippen LogP contribution in [0.25, 0.3) is 6.08 Å². The van der Waals surface area contributed by atoms with Crippen LogP contribution in [0.4, 0.5) is 0 Å². The zero-order valence-corrected chi connectivity index (χ0v) is 17.5. The summed E-state index contributed by atoms with van der Waals surface area (Å²) >= 11 is 1.54. The largest absolute Gasteiger partial charge is 0.480 e. The summed E-state index contributed by atoms with van der Waals surface area (Å²) in [6.07, 6.45) is 3.02. The molecule has 2 amide bonds. The predicted molar refractivity (Wildman–Crippen MR) is 113 cm³/mol. The van der Waals surface area contributed by atoms with Crippen LogP contribution in [0.1, 0.15) is 19.4 Å². The second-order valence-electron chi connectivity index (χ2n) is 5.85. The molecule has 0 saturated carbocycles. The Bertz CT molecular complexity index is 782. The van der Waals surface area contributed by atoms with Gasteiger partial charge in [0, 0.05) is 25.4 Å². The molecular formula is C19H22N2O6S2. The van der Waals surface area contributed by atoms with Crippen LogP contribution >= 0.6 is 23.5 Å². The van der Waals surface area contributed by atoms with Crippen LogP contribution < -0.4 is 10.6 Å². The number of amides is 2. The summed E-state index contributed by atoms with van der Waals surface area (Å²) in [6, 6.07) is 7.00. The molecule has 2 atom stereocenters. The average Bonchev–Trinajstić information content (AvgIpc) is 2.66. The third-order valence-electron chi connectivity index (χ3n) is 3.33. The molecule has 10 heteroatoms. The number of carbonyl (C=O) groups is 5. The van der Waals surface area contributed by atoms with E-state index < -0.39 is 35.0 Å². The summed E-state index contributed by atoms with van der Waals surface area (Å²) in [5, 5.41) is 13.0. The highest BCUT2D eigenvalue weighted by atomic mass is 32.2. The van der Waals surface area contributed by atoms with Gasteiger partial charge in [0.25, 0.3) is 0 Å². The minimum absolute atomic E-state index is 0.00124. The summed E-state index contributed by atoms with van der Waals surface area (Å²) in [4.78, 5) is 58.0. The summed E-state index contributed by atoms with van der Waals surface area (Å²) < 4.78 is 0. The van der Waals surface area contributed by atoms with Gasteiger partial charge >= 0.3 is 5.97 Å². The Morgan fingerprint density at radius 2 is 1.48 bits per heavy atom. The van der Waals surface area contributed by atoms with Crippen molar-refractivity contribution in [1.82, 2.24) is 10.6 Å². The highest BCUT2D eigenvalue weighted by Crippen LogP contribution is 2.14.